The van der Waals surface area contributed by atoms with Gasteiger partial charge in [-0.25, -0.2) is 4.79 Å². The normalized spacial score (nSPS) is 28.5. The number of hydrogen-bond acceptors (Lipinski definition) is 5. The van der Waals surface area contributed by atoms with E-state index in [4.69, 9.17) is 21.1 Å². The van der Waals surface area contributed by atoms with E-state index in [-0.39, 0.29) is 12.2 Å². The summed E-state index contributed by atoms with van der Waals surface area (Å²) in [6.07, 6.45) is 6.36. The van der Waals surface area contributed by atoms with Gasteiger partial charge in [-0.3, -0.25) is 9.59 Å². The van der Waals surface area contributed by atoms with Gasteiger partial charge in [-0.2, -0.15) is 0 Å². The van der Waals surface area contributed by atoms with Crippen LogP contribution < -0.4 is 5.32 Å². The van der Waals surface area contributed by atoms with Gasteiger partial charge in [0, 0.05) is 11.5 Å². The van der Waals surface area contributed by atoms with Gasteiger partial charge in [0.15, 0.2) is 0 Å². The number of halogens is 1. The third kappa shape index (κ3) is 4.47. The van der Waals surface area contributed by atoms with Crippen LogP contribution in [-0.4, -0.2) is 36.1 Å². The maximum atomic E-state index is 12.6. The number of rotatable bonds is 4. The number of methoxy groups -OCH3 is 1. The number of esters is 1. The van der Waals surface area contributed by atoms with E-state index in [0.717, 1.165) is 0 Å². The molecule has 0 aromatic rings. The van der Waals surface area contributed by atoms with E-state index in [1.54, 1.807) is 39.0 Å². The van der Waals surface area contributed by atoms with Crippen molar-refractivity contribution in [1.82, 2.24) is 5.32 Å². The maximum absolute atomic E-state index is 12.6. The molecule has 2 atom stereocenters. The number of carbonyl (C=O) groups is 3. The number of ketones is 1. The molecule has 1 amide bonds. The number of allylic oxidation sites excluding steroid dienone is 2. The molecule has 1 saturated carbocycles. The van der Waals surface area contributed by atoms with Crippen LogP contribution in [0.4, 0.5) is 4.79 Å². The van der Waals surface area contributed by atoms with Gasteiger partial charge in [-0.05, 0) is 52.5 Å². The lowest BCUT2D eigenvalue weighted by Gasteiger charge is -2.39. The van der Waals surface area contributed by atoms with Gasteiger partial charge in [0.1, 0.15) is 16.8 Å². The van der Waals surface area contributed by atoms with Gasteiger partial charge in [-0.15, -0.1) is 0 Å². The van der Waals surface area contributed by atoms with E-state index in [1.165, 1.54) is 7.11 Å². The Balaban J connectivity index is 2.33. The zero-order valence-corrected chi connectivity index (χ0v) is 16.4. The molecule has 1 N–H and O–H groups in total. The van der Waals surface area contributed by atoms with Gasteiger partial charge in [0.2, 0.25) is 0 Å². The molecule has 0 aromatic carbocycles. The molecule has 2 rings (SSSR count). The third-order valence-corrected chi connectivity index (χ3v) is 4.99. The minimum Gasteiger partial charge on any atom is -0.468 e. The fraction of sp³-hybridized carbons (Fsp3) is 0.632. The lowest BCUT2D eigenvalue weighted by atomic mass is 9.71. The van der Waals surface area contributed by atoms with Crippen LogP contribution in [0.25, 0.3) is 0 Å². The number of amides is 1. The van der Waals surface area contributed by atoms with Crippen LogP contribution in [0.3, 0.4) is 0 Å². The summed E-state index contributed by atoms with van der Waals surface area (Å²) in [5.41, 5.74) is -2.87. The highest BCUT2D eigenvalue weighted by Crippen LogP contribution is 2.45. The molecule has 0 aromatic heterocycles. The Kier molecular flexibility index (Phi) is 5.85. The van der Waals surface area contributed by atoms with Crippen molar-refractivity contribution in [3.8, 4) is 0 Å². The molecule has 0 saturated heterocycles. The summed E-state index contributed by atoms with van der Waals surface area (Å²) >= 11 is 6.03. The van der Waals surface area contributed by atoms with Crippen molar-refractivity contribution in [2.24, 2.45) is 5.41 Å². The van der Waals surface area contributed by atoms with Gasteiger partial charge < -0.3 is 14.8 Å². The topological polar surface area (TPSA) is 81.7 Å². The molecule has 0 aliphatic heterocycles. The number of nitrogens with one attached hydrogen (secondary N) is 1. The predicted octanol–water partition coefficient (Wildman–Crippen LogP) is 3.64. The zero-order chi connectivity index (χ0) is 19.6. The molecule has 0 radical (unpaired) electrons. The van der Waals surface area contributed by atoms with Crippen molar-refractivity contribution < 1.29 is 23.9 Å². The van der Waals surface area contributed by atoms with Crippen LogP contribution in [0, 0.1) is 5.41 Å². The fourth-order valence-corrected chi connectivity index (χ4v) is 3.71. The molecule has 0 unspecified atom stereocenters. The average molecular weight is 384 g/mol. The molecule has 2 aliphatic rings. The van der Waals surface area contributed by atoms with Gasteiger partial charge in [-0.1, -0.05) is 23.8 Å². The molecule has 0 spiro atoms. The summed E-state index contributed by atoms with van der Waals surface area (Å²) in [6, 6.07) is 0. The molecule has 0 heterocycles. The summed E-state index contributed by atoms with van der Waals surface area (Å²) in [4.78, 5) is 37.5. The number of Topliss-reactive ketones (excluding diaryl/α,β-unsaturated/α-hetero) is 1. The van der Waals surface area contributed by atoms with Crippen LogP contribution in [0.5, 0.6) is 0 Å². The predicted molar refractivity (Wildman–Crippen MR) is 97.7 cm³/mol. The largest absolute Gasteiger partial charge is 0.468 e. The highest BCUT2D eigenvalue weighted by molar-refractivity contribution is 6.31. The monoisotopic (exact) mass is 383 g/mol. The molecular formula is C19H26ClNO5. The first-order valence-corrected chi connectivity index (χ1v) is 9.08. The molecule has 1 fully saturated rings. The minimum absolute atomic E-state index is 0.113. The van der Waals surface area contributed by atoms with Gasteiger partial charge in [0.25, 0.3) is 0 Å². The first-order valence-electron chi connectivity index (χ1n) is 8.70. The minimum atomic E-state index is -1.26. The van der Waals surface area contributed by atoms with Gasteiger partial charge in [0.05, 0.1) is 12.6 Å². The molecule has 2 aliphatic carbocycles. The highest BCUT2D eigenvalue weighted by atomic mass is 35.5. The summed E-state index contributed by atoms with van der Waals surface area (Å²) in [5, 5.41) is 3.39. The Morgan fingerprint density at radius 3 is 2.50 bits per heavy atom. The molecule has 26 heavy (non-hydrogen) atoms. The van der Waals surface area contributed by atoms with Crippen LogP contribution >= 0.6 is 11.6 Å². The van der Waals surface area contributed by atoms with E-state index < -0.39 is 28.6 Å². The number of ether oxygens (including phenoxy) is 2. The standard InChI is InChI=1S/C19H26ClNO5/c1-17(2,3)26-16(24)21-18(10-7-13(20)8-11-18)12-19(15(23)25-4)9-5-6-14(19)22/h7-8,10H,5-6,9,11-12H2,1-4H3,(H,21,24)/t18-,19+/m0/s1. The lowest BCUT2D eigenvalue weighted by molar-refractivity contribution is -0.158. The van der Waals surface area contributed by atoms with Crippen molar-refractivity contribution in [2.45, 2.75) is 64.0 Å². The Labute approximate surface area is 158 Å². The Morgan fingerprint density at radius 2 is 2.04 bits per heavy atom. The summed E-state index contributed by atoms with van der Waals surface area (Å²) in [6.45, 7) is 5.30. The second-order valence-electron chi connectivity index (χ2n) is 7.94. The first kappa shape index (κ1) is 20.5. The summed E-state index contributed by atoms with van der Waals surface area (Å²) in [5.74, 6) is -0.705. The smallest absolute Gasteiger partial charge is 0.408 e. The van der Waals surface area contributed by atoms with E-state index in [9.17, 15) is 14.4 Å². The summed E-state index contributed by atoms with van der Waals surface area (Å²) < 4.78 is 10.3. The zero-order valence-electron chi connectivity index (χ0n) is 15.7. The molecule has 144 valence electrons. The Hall–Kier alpha value is -1.82. The lowest BCUT2D eigenvalue weighted by Crippen LogP contribution is -2.54. The SMILES string of the molecule is COC(=O)[C@@]1(C[C@]2(NC(=O)OC(C)(C)C)C=CC(Cl)=CC2)CCCC1=O. The van der Waals surface area contributed by atoms with E-state index >= 15 is 0 Å². The third-order valence-electron chi connectivity index (χ3n) is 4.71. The second-order valence-corrected chi connectivity index (χ2v) is 8.37. The van der Waals surface area contributed by atoms with Crippen LogP contribution in [0.1, 0.15) is 52.9 Å². The fourth-order valence-electron chi connectivity index (χ4n) is 3.57. The van der Waals surface area contributed by atoms with E-state index in [0.29, 0.717) is 30.7 Å². The molecule has 0 bridgehead atoms. The molecule has 6 nitrogen and oxygen atoms in total. The average Bonchev–Trinajstić information content (AvgIpc) is 2.89. The Morgan fingerprint density at radius 1 is 1.35 bits per heavy atom. The Bertz CT molecular complexity index is 663. The number of hydrogen-bond donors (Lipinski definition) is 1. The van der Waals surface area contributed by atoms with Crippen LogP contribution in [0.2, 0.25) is 0 Å². The van der Waals surface area contributed by atoms with Crippen molar-refractivity contribution in [1.29, 1.82) is 0 Å². The van der Waals surface area contributed by atoms with Crippen LogP contribution in [0.15, 0.2) is 23.3 Å². The van der Waals surface area contributed by atoms with E-state index in [2.05, 4.69) is 5.32 Å². The number of carbonyl (C=O) groups excluding carboxylic acids is 3. The second kappa shape index (κ2) is 7.43. The molecular weight excluding hydrogens is 358 g/mol. The van der Waals surface area contributed by atoms with Crippen molar-refractivity contribution in [2.75, 3.05) is 7.11 Å². The molecule has 7 heteroatoms. The maximum Gasteiger partial charge on any atom is 0.408 e. The first-order chi connectivity index (χ1) is 12.0. The summed E-state index contributed by atoms with van der Waals surface area (Å²) in [7, 11) is 1.27. The highest BCUT2D eigenvalue weighted by Gasteiger charge is 2.54. The quantitative estimate of drug-likeness (QED) is 0.592. The number of alkyl carbamates (subject to hydrolysis) is 1. The van der Waals surface area contributed by atoms with E-state index in [1.807, 2.05) is 0 Å². The van der Waals surface area contributed by atoms with Crippen molar-refractivity contribution >= 4 is 29.4 Å². The van der Waals surface area contributed by atoms with Crippen molar-refractivity contribution in [3.05, 3.63) is 23.3 Å². The van der Waals surface area contributed by atoms with Crippen LogP contribution in [-0.2, 0) is 19.1 Å². The van der Waals surface area contributed by atoms with Gasteiger partial charge >= 0.3 is 12.1 Å². The van der Waals surface area contributed by atoms with Crippen molar-refractivity contribution in [3.63, 3.8) is 0 Å².